The maximum atomic E-state index is 13.5. The van der Waals surface area contributed by atoms with Crippen molar-refractivity contribution in [2.75, 3.05) is 18.5 Å². The molecule has 35 heavy (non-hydrogen) atoms. The molecule has 1 amide bonds. The molecule has 0 aliphatic rings. The first-order chi connectivity index (χ1) is 16.7. The van der Waals surface area contributed by atoms with Crippen LogP contribution in [0.1, 0.15) is 11.1 Å². The molecule has 0 spiro atoms. The molecule has 0 saturated carbocycles. The molecule has 0 aliphatic heterocycles. The zero-order valence-electron chi connectivity index (χ0n) is 18.3. The van der Waals surface area contributed by atoms with Crippen LogP contribution in [-0.4, -0.2) is 45.4 Å². The Labute approximate surface area is 198 Å². The Morgan fingerprint density at radius 2 is 1.86 bits per heavy atom. The number of anilines is 1. The Morgan fingerprint density at radius 1 is 1.09 bits per heavy atom. The number of H-pyrrole nitrogens is 1. The van der Waals surface area contributed by atoms with Crippen molar-refractivity contribution >= 4 is 22.6 Å². The first-order valence-electron chi connectivity index (χ1n) is 10.7. The van der Waals surface area contributed by atoms with Crippen molar-refractivity contribution in [2.45, 2.75) is 18.7 Å². The number of imidazole rings is 1. The molecule has 182 valence electrons. The Morgan fingerprint density at radius 3 is 2.63 bits per heavy atom. The number of halogens is 3. The van der Waals surface area contributed by atoms with Crippen molar-refractivity contribution in [1.82, 2.24) is 9.97 Å². The van der Waals surface area contributed by atoms with Gasteiger partial charge >= 0.3 is 6.18 Å². The van der Waals surface area contributed by atoms with Gasteiger partial charge in [0.1, 0.15) is 24.3 Å². The van der Waals surface area contributed by atoms with Crippen molar-refractivity contribution < 1.29 is 32.9 Å². The molecular formula is C25H22F3N3O4. The zero-order valence-corrected chi connectivity index (χ0v) is 18.3. The van der Waals surface area contributed by atoms with Crippen molar-refractivity contribution in [3.63, 3.8) is 0 Å². The van der Waals surface area contributed by atoms with Crippen LogP contribution in [0.25, 0.3) is 22.4 Å². The summed E-state index contributed by atoms with van der Waals surface area (Å²) in [4.78, 5) is 20.0. The quantitative estimate of drug-likeness (QED) is 0.300. The number of benzene rings is 3. The highest BCUT2D eigenvalue weighted by atomic mass is 19.4. The van der Waals surface area contributed by atoms with Gasteiger partial charge in [0.05, 0.1) is 29.6 Å². The molecule has 1 atom stereocenters. The maximum absolute atomic E-state index is 13.5. The zero-order chi connectivity index (χ0) is 25.0. The summed E-state index contributed by atoms with van der Waals surface area (Å²) < 4.78 is 45.7. The van der Waals surface area contributed by atoms with Crippen LogP contribution >= 0.6 is 0 Å². The Balaban J connectivity index is 1.53. The minimum atomic E-state index is -4.54. The number of nitrogens with one attached hydrogen (secondary N) is 2. The minimum absolute atomic E-state index is 0.0587. The van der Waals surface area contributed by atoms with E-state index in [1.54, 1.807) is 42.5 Å². The summed E-state index contributed by atoms with van der Waals surface area (Å²) in [5.41, 5.74) is 1.05. The number of aliphatic hydroxyl groups is 2. The summed E-state index contributed by atoms with van der Waals surface area (Å²) >= 11 is 0. The monoisotopic (exact) mass is 485 g/mol. The van der Waals surface area contributed by atoms with Gasteiger partial charge in [-0.3, -0.25) is 4.79 Å². The summed E-state index contributed by atoms with van der Waals surface area (Å²) in [6.45, 7) is -0.534. The number of ether oxygens (including phenoxy) is 1. The van der Waals surface area contributed by atoms with Gasteiger partial charge in [0.2, 0.25) is 5.91 Å². The minimum Gasteiger partial charge on any atom is -0.491 e. The molecule has 0 bridgehead atoms. The summed E-state index contributed by atoms with van der Waals surface area (Å²) in [6, 6.07) is 16.8. The standard InChI is InChI=1S/C25H22F3N3O4/c26-25(27,28)20-9-2-1-8-19(20)24-30-21-10-3-5-15(23(21)31-24)11-22(34)29-16-6-4-7-18(12-16)35-14-17(33)13-32/h1-10,12,17,32-33H,11,13-14H2,(H,29,34)(H,30,31)/t17-/m0/s1. The molecule has 0 fully saturated rings. The van der Waals surface area contributed by atoms with Crippen LogP contribution in [0.3, 0.4) is 0 Å². The lowest BCUT2D eigenvalue weighted by Crippen LogP contribution is -2.21. The molecular weight excluding hydrogens is 463 g/mol. The molecule has 0 aliphatic carbocycles. The van der Waals surface area contributed by atoms with Gasteiger partial charge in [-0.15, -0.1) is 0 Å². The van der Waals surface area contributed by atoms with Gasteiger partial charge in [-0.2, -0.15) is 13.2 Å². The number of carbonyl (C=O) groups is 1. The summed E-state index contributed by atoms with van der Waals surface area (Å²) in [5, 5.41) is 21.0. The number of alkyl halides is 3. The van der Waals surface area contributed by atoms with Gasteiger partial charge in [-0.05, 0) is 29.8 Å². The molecule has 3 aromatic carbocycles. The van der Waals surface area contributed by atoms with Gasteiger partial charge in [-0.25, -0.2) is 4.98 Å². The number of nitrogens with zero attached hydrogens (tertiary/aromatic N) is 1. The van der Waals surface area contributed by atoms with E-state index in [1.165, 1.54) is 18.2 Å². The average Bonchev–Trinajstić information content (AvgIpc) is 3.27. The number of fused-ring (bicyclic) bond motifs is 1. The van der Waals surface area contributed by atoms with Gasteiger partial charge in [-0.1, -0.05) is 36.4 Å². The summed E-state index contributed by atoms with van der Waals surface area (Å²) in [7, 11) is 0. The summed E-state index contributed by atoms with van der Waals surface area (Å²) in [6.07, 6.45) is -5.61. The van der Waals surface area contributed by atoms with Crippen LogP contribution < -0.4 is 10.1 Å². The summed E-state index contributed by atoms with van der Waals surface area (Å²) in [5.74, 6) is 0.110. The van der Waals surface area contributed by atoms with E-state index in [0.717, 1.165) is 6.07 Å². The highest BCUT2D eigenvalue weighted by Gasteiger charge is 2.34. The van der Waals surface area contributed by atoms with Crippen LogP contribution in [0.4, 0.5) is 18.9 Å². The second-order valence-corrected chi connectivity index (χ2v) is 7.84. The third-order valence-electron chi connectivity index (χ3n) is 5.21. The normalized spacial score (nSPS) is 12.5. The number of amides is 1. The van der Waals surface area contributed by atoms with Crippen molar-refractivity contribution in [2.24, 2.45) is 0 Å². The van der Waals surface area contributed by atoms with E-state index in [-0.39, 0.29) is 30.3 Å². The fourth-order valence-electron chi connectivity index (χ4n) is 3.59. The Kier molecular flexibility index (Phi) is 7.04. The third kappa shape index (κ3) is 5.79. The van der Waals surface area contributed by atoms with Gasteiger partial charge in [0.15, 0.2) is 0 Å². The highest BCUT2D eigenvalue weighted by molar-refractivity contribution is 5.95. The van der Waals surface area contributed by atoms with Crippen molar-refractivity contribution in [1.29, 1.82) is 0 Å². The molecule has 4 aromatic rings. The van der Waals surface area contributed by atoms with Crippen LogP contribution in [0.15, 0.2) is 66.7 Å². The number of carbonyl (C=O) groups excluding carboxylic acids is 1. The van der Waals surface area contributed by atoms with Crippen molar-refractivity contribution in [3.05, 3.63) is 77.9 Å². The third-order valence-corrected chi connectivity index (χ3v) is 5.21. The number of aromatic amines is 1. The van der Waals surface area contributed by atoms with Crippen LogP contribution in [0.5, 0.6) is 5.75 Å². The molecule has 1 heterocycles. The molecule has 0 unspecified atom stereocenters. The van der Waals surface area contributed by atoms with E-state index in [0.29, 0.717) is 28.0 Å². The molecule has 10 heteroatoms. The lowest BCUT2D eigenvalue weighted by atomic mass is 10.1. The second kappa shape index (κ2) is 10.2. The Bertz CT molecular complexity index is 1340. The lowest BCUT2D eigenvalue weighted by Gasteiger charge is -2.11. The topological polar surface area (TPSA) is 107 Å². The smallest absolute Gasteiger partial charge is 0.417 e. The number of aliphatic hydroxyl groups excluding tert-OH is 2. The molecule has 4 N–H and O–H groups in total. The van der Waals surface area contributed by atoms with Gasteiger partial charge in [0, 0.05) is 17.3 Å². The Hall–Kier alpha value is -3.89. The molecule has 7 nitrogen and oxygen atoms in total. The first kappa shape index (κ1) is 24.2. The fraction of sp³-hybridized carbons (Fsp3) is 0.200. The van der Waals surface area contributed by atoms with E-state index >= 15 is 0 Å². The molecule has 0 radical (unpaired) electrons. The van der Waals surface area contributed by atoms with Crippen molar-refractivity contribution in [3.8, 4) is 17.1 Å². The predicted octanol–water partition coefficient (Wildman–Crippen LogP) is 4.16. The van der Waals surface area contributed by atoms with Gasteiger partial charge in [0.25, 0.3) is 0 Å². The second-order valence-electron chi connectivity index (χ2n) is 7.84. The van der Waals surface area contributed by atoms with E-state index in [1.807, 2.05) is 0 Å². The SMILES string of the molecule is O=C(Cc1cccc2[nH]c(-c3ccccc3C(F)(F)F)nc12)Nc1cccc(OC[C@@H](O)CO)c1. The predicted molar refractivity (Wildman–Crippen MR) is 124 cm³/mol. The van der Waals surface area contributed by atoms with E-state index in [2.05, 4.69) is 15.3 Å². The van der Waals surface area contributed by atoms with Crippen LogP contribution in [0.2, 0.25) is 0 Å². The number of aromatic nitrogens is 2. The number of para-hydroxylation sites is 1. The molecule has 4 rings (SSSR count). The number of hydrogen-bond acceptors (Lipinski definition) is 5. The number of rotatable bonds is 8. The average molecular weight is 485 g/mol. The highest BCUT2D eigenvalue weighted by Crippen LogP contribution is 2.36. The maximum Gasteiger partial charge on any atom is 0.417 e. The van der Waals surface area contributed by atoms with E-state index in [4.69, 9.17) is 9.84 Å². The fourth-order valence-corrected chi connectivity index (χ4v) is 3.59. The first-order valence-corrected chi connectivity index (χ1v) is 10.7. The van der Waals surface area contributed by atoms with E-state index < -0.39 is 24.5 Å². The van der Waals surface area contributed by atoms with E-state index in [9.17, 15) is 23.1 Å². The molecule has 1 aromatic heterocycles. The lowest BCUT2D eigenvalue weighted by molar-refractivity contribution is -0.137. The van der Waals surface area contributed by atoms with Crippen LogP contribution in [0, 0.1) is 0 Å². The largest absolute Gasteiger partial charge is 0.491 e. The van der Waals surface area contributed by atoms with Crippen LogP contribution in [-0.2, 0) is 17.4 Å². The number of hydrogen-bond donors (Lipinski definition) is 4. The van der Waals surface area contributed by atoms with Gasteiger partial charge < -0.3 is 25.3 Å². The molecule has 0 saturated heterocycles.